The Morgan fingerprint density at radius 1 is 1.05 bits per heavy atom. The van der Waals surface area contributed by atoms with Crippen molar-refractivity contribution in [3.63, 3.8) is 0 Å². The molecule has 1 aliphatic carbocycles. The summed E-state index contributed by atoms with van der Waals surface area (Å²) in [4.78, 5) is 0. The molecule has 0 spiro atoms. The molecule has 2 nitrogen and oxygen atoms in total. The molecule has 100 valence electrons. The summed E-state index contributed by atoms with van der Waals surface area (Å²) < 4.78 is 0. The number of benzene rings is 2. The molecule has 0 radical (unpaired) electrons. The maximum Gasteiger partial charge on any atom is 0.119 e. The summed E-state index contributed by atoms with van der Waals surface area (Å²) in [6, 6.07) is 12.3. The molecule has 0 bridgehead atoms. The molecule has 1 aliphatic rings. The molecule has 3 N–H and O–H groups in total. The van der Waals surface area contributed by atoms with Crippen LogP contribution in [0.4, 0.5) is 0 Å². The second-order valence-electron chi connectivity index (χ2n) is 5.70. The monoisotopic (exact) mass is 255 g/mol. The molecule has 2 aromatic rings. The van der Waals surface area contributed by atoms with Crippen LogP contribution < -0.4 is 5.73 Å². The predicted molar refractivity (Wildman–Crippen MR) is 79.3 cm³/mol. The maximum atomic E-state index is 10.2. The van der Waals surface area contributed by atoms with E-state index < -0.39 is 0 Å². The van der Waals surface area contributed by atoms with Gasteiger partial charge in [-0.05, 0) is 42.0 Å². The SMILES string of the molecule is NC1CCCCC1Cc1c(O)ccc2ccccc12. The van der Waals surface area contributed by atoms with E-state index >= 15 is 0 Å². The van der Waals surface area contributed by atoms with Gasteiger partial charge < -0.3 is 10.8 Å². The minimum atomic E-state index is 0.284. The lowest BCUT2D eigenvalue weighted by Gasteiger charge is -2.29. The van der Waals surface area contributed by atoms with E-state index in [0.717, 1.165) is 18.4 Å². The third-order valence-electron chi connectivity index (χ3n) is 4.45. The Hall–Kier alpha value is -1.54. The highest BCUT2D eigenvalue weighted by atomic mass is 16.3. The third kappa shape index (κ3) is 2.45. The van der Waals surface area contributed by atoms with E-state index in [1.165, 1.54) is 30.0 Å². The van der Waals surface area contributed by atoms with Gasteiger partial charge >= 0.3 is 0 Å². The summed E-state index contributed by atoms with van der Waals surface area (Å²) in [5.41, 5.74) is 7.31. The molecule has 2 unspecified atom stereocenters. The highest BCUT2D eigenvalue weighted by molar-refractivity contribution is 5.87. The van der Waals surface area contributed by atoms with Crippen LogP contribution in [0.1, 0.15) is 31.2 Å². The van der Waals surface area contributed by atoms with Crippen molar-refractivity contribution in [2.24, 2.45) is 11.7 Å². The normalized spacial score (nSPS) is 23.6. The average molecular weight is 255 g/mol. The first-order valence-corrected chi connectivity index (χ1v) is 7.21. The van der Waals surface area contributed by atoms with Gasteiger partial charge in [0.05, 0.1) is 0 Å². The second-order valence-corrected chi connectivity index (χ2v) is 5.70. The zero-order chi connectivity index (χ0) is 13.2. The van der Waals surface area contributed by atoms with Crippen LogP contribution >= 0.6 is 0 Å². The first kappa shape index (κ1) is 12.5. The predicted octanol–water partition coefficient (Wildman–Crippen LogP) is 3.61. The Kier molecular flexibility index (Phi) is 3.43. The third-order valence-corrected chi connectivity index (χ3v) is 4.45. The lowest BCUT2D eigenvalue weighted by molar-refractivity contribution is 0.304. The Morgan fingerprint density at radius 2 is 1.84 bits per heavy atom. The fourth-order valence-electron chi connectivity index (χ4n) is 3.29. The van der Waals surface area contributed by atoms with Crippen LogP contribution in [0.5, 0.6) is 5.75 Å². The van der Waals surface area contributed by atoms with E-state index in [1.54, 1.807) is 0 Å². The van der Waals surface area contributed by atoms with E-state index in [-0.39, 0.29) is 6.04 Å². The molecule has 0 saturated heterocycles. The van der Waals surface area contributed by atoms with Gasteiger partial charge in [0.1, 0.15) is 5.75 Å². The number of rotatable bonds is 2. The standard InChI is InChI=1S/C17H21NO/c18-16-8-4-2-6-13(16)11-15-14-7-3-1-5-12(14)9-10-17(15)19/h1,3,5,7,9-10,13,16,19H,2,4,6,8,11,18H2. The Labute approximate surface area is 114 Å². The van der Waals surface area contributed by atoms with Crippen LogP contribution in [-0.2, 0) is 6.42 Å². The summed E-state index contributed by atoms with van der Waals surface area (Å²) in [6.45, 7) is 0. The average Bonchev–Trinajstić information content (AvgIpc) is 2.44. The van der Waals surface area contributed by atoms with E-state index in [4.69, 9.17) is 5.73 Å². The van der Waals surface area contributed by atoms with E-state index in [2.05, 4.69) is 12.1 Å². The number of aromatic hydroxyl groups is 1. The van der Waals surface area contributed by atoms with Crippen LogP contribution in [-0.4, -0.2) is 11.1 Å². The van der Waals surface area contributed by atoms with Gasteiger partial charge in [-0.25, -0.2) is 0 Å². The molecule has 3 rings (SSSR count). The van der Waals surface area contributed by atoms with E-state index in [0.29, 0.717) is 11.7 Å². The minimum absolute atomic E-state index is 0.284. The summed E-state index contributed by atoms with van der Waals surface area (Å²) in [5.74, 6) is 0.918. The first-order valence-electron chi connectivity index (χ1n) is 7.21. The van der Waals surface area contributed by atoms with Crippen molar-refractivity contribution in [2.45, 2.75) is 38.1 Å². The van der Waals surface area contributed by atoms with Crippen molar-refractivity contribution in [2.75, 3.05) is 0 Å². The van der Waals surface area contributed by atoms with Gasteiger partial charge in [0, 0.05) is 11.6 Å². The summed E-state index contributed by atoms with van der Waals surface area (Å²) >= 11 is 0. The fraction of sp³-hybridized carbons (Fsp3) is 0.412. The number of fused-ring (bicyclic) bond motifs is 1. The highest BCUT2D eigenvalue weighted by Crippen LogP contribution is 2.33. The van der Waals surface area contributed by atoms with Gasteiger partial charge in [-0.2, -0.15) is 0 Å². The summed E-state index contributed by atoms with van der Waals surface area (Å²) in [7, 11) is 0. The Balaban J connectivity index is 1.97. The lowest BCUT2D eigenvalue weighted by Crippen LogP contribution is -2.34. The quantitative estimate of drug-likeness (QED) is 0.861. The molecule has 0 aliphatic heterocycles. The van der Waals surface area contributed by atoms with Crippen molar-refractivity contribution in [3.8, 4) is 5.75 Å². The molecule has 1 fully saturated rings. The smallest absolute Gasteiger partial charge is 0.119 e. The van der Waals surface area contributed by atoms with Crippen molar-refractivity contribution in [1.29, 1.82) is 0 Å². The van der Waals surface area contributed by atoms with Crippen LogP contribution in [0.2, 0.25) is 0 Å². The minimum Gasteiger partial charge on any atom is -0.508 e. The van der Waals surface area contributed by atoms with Crippen molar-refractivity contribution < 1.29 is 5.11 Å². The highest BCUT2D eigenvalue weighted by Gasteiger charge is 2.23. The van der Waals surface area contributed by atoms with Crippen LogP contribution in [0, 0.1) is 5.92 Å². The lowest BCUT2D eigenvalue weighted by atomic mass is 9.80. The fourth-order valence-corrected chi connectivity index (χ4v) is 3.29. The number of hydrogen-bond donors (Lipinski definition) is 2. The molecule has 0 aromatic heterocycles. The summed E-state index contributed by atoms with van der Waals surface area (Å²) in [5, 5.41) is 12.5. The number of hydrogen-bond acceptors (Lipinski definition) is 2. The van der Waals surface area contributed by atoms with Crippen LogP contribution in [0.3, 0.4) is 0 Å². The Bertz CT molecular complexity index is 578. The molecule has 19 heavy (non-hydrogen) atoms. The van der Waals surface area contributed by atoms with Crippen molar-refractivity contribution in [1.82, 2.24) is 0 Å². The molecule has 0 heterocycles. The van der Waals surface area contributed by atoms with E-state index in [1.807, 2.05) is 24.3 Å². The number of phenolic OH excluding ortho intramolecular Hbond substituents is 1. The molecular formula is C17H21NO. The molecule has 2 heteroatoms. The van der Waals surface area contributed by atoms with Crippen LogP contribution in [0.15, 0.2) is 36.4 Å². The Morgan fingerprint density at radius 3 is 2.68 bits per heavy atom. The zero-order valence-corrected chi connectivity index (χ0v) is 11.2. The van der Waals surface area contributed by atoms with Gasteiger partial charge in [-0.1, -0.05) is 43.2 Å². The largest absolute Gasteiger partial charge is 0.508 e. The van der Waals surface area contributed by atoms with Gasteiger partial charge in [0.25, 0.3) is 0 Å². The second kappa shape index (κ2) is 5.22. The molecular weight excluding hydrogens is 234 g/mol. The number of phenols is 1. The molecule has 0 amide bonds. The maximum absolute atomic E-state index is 10.2. The van der Waals surface area contributed by atoms with Crippen molar-refractivity contribution in [3.05, 3.63) is 42.0 Å². The van der Waals surface area contributed by atoms with E-state index in [9.17, 15) is 5.11 Å². The molecule has 1 saturated carbocycles. The van der Waals surface area contributed by atoms with Gasteiger partial charge in [0.2, 0.25) is 0 Å². The first-order chi connectivity index (χ1) is 9.25. The zero-order valence-electron chi connectivity index (χ0n) is 11.2. The topological polar surface area (TPSA) is 46.2 Å². The van der Waals surface area contributed by atoms with Gasteiger partial charge in [0.15, 0.2) is 0 Å². The van der Waals surface area contributed by atoms with Crippen molar-refractivity contribution >= 4 is 10.8 Å². The van der Waals surface area contributed by atoms with Gasteiger partial charge in [-0.15, -0.1) is 0 Å². The number of nitrogens with two attached hydrogens (primary N) is 1. The summed E-state index contributed by atoms with van der Waals surface area (Å²) in [6.07, 6.45) is 5.72. The molecule has 2 aromatic carbocycles. The van der Waals surface area contributed by atoms with Gasteiger partial charge in [-0.3, -0.25) is 0 Å². The molecule has 2 atom stereocenters. The van der Waals surface area contributed by atoms with Crippen LogP contribution in [0.25, 0.3) is 10.8 Å².